The minimum Gasteiger partial charge on any atom is -0.465 e. The van der Waals surface area contributed by atoms with E-state index in [0.717, 1.165) is 12.8 Å². The molecule has 0 aliphatic heterocycles. The average molecular weight is 258 g/mol. The van der Waals surface area contributed by atoms with Crippen LogP contribution < -0.4 is 10.6 Å². The van der Waals surface area contributed by atoms with Gasteiger partial charge in [0.25, 0.3) is 5.91 Å². The fourth-order valence-electron chi connectivity index (χ4n) is 2.28. The maximum Gasteiger partial charge on any atom is 0.405 e. The summed E-state index contributed by atoms with van der Waals surface area (Å²) in [5, 5.41) is 23.8. The Morgan fingerprint density at radius 1 is 1.39 bits per heavy atom. The quantitative estimate of drug-likeness (QED) is 0.529. The summed E-state index contributed by atoms with van der Waals surface area (Å²) in [4.78, 5) is 22.5. The maximum atomic E-state index is 11.8. The van der Waals surface area contributed by atoms with Gasteiger partial charge in [-0.25, -0.2) is 4.79 Å². The van der Waals surface area contributed by atoms with Gasteiger partial charge in [-0.3, -0.25) is 4.79 Å². The van der Waals surface area contributed by atoms with Crippen LogP contribution in [0.15, 0.2) is 0 Å². The van der Waals surface area contributed by atoms with Crippen LogP contribution in [-0.4, -0.2) is 53.1 Å². The fourth-order valence-corrected chi connectivity index (χ4v) is 2.28. The molecule has 7 heteroatoms. The highest BCUT2D eigenvalue weighted by molar-refractivity contribution is 5.84. The lowest BCUT2D eigenvalue weighted by Gasteiger charge is -2.48. The smallest absolute Gasteiger partial charge is 0.405 e. The van der Waals surface area contributed by atoms with E-state index < -0.39 is 23.6 Å². The fraction of sp³-hybridized carbons (Fsp3) is 0.818. The summed E-state index contributed by atoms with van der Waals surface area (Å²) >= 11 is 0. The number of hydrogen-bond acceptors (Lipinski definition) is 4. The van der Waals surface area contributed by atoms with Gasteiger partial charge in [0.05, 0.1) is 11.6 Å². The van der Waals surface area contributed by atoms with E-state index in [4.69, 9.17) is 9.84 Å². The van der Waals surface area contributed by atoms with Crippen molar-refractivity contribution in [1.82, 2.24) is 10.6 Å². The Bertz CT molecular complexity index is 349. The number of methoxy groups -OCH3 is 1. The number of ether oxygens (including phenoxy) is 1. The number of aliphatic hydroxyl groups excluding tert-OH is 1. The minimum absolute atomic E-state index is 0.125. The van der Waals surface area contributed by atoms with Gasteiger partial charge < -0.3 is 25.6 Å². The van der Waals surface area contributed by atoms with Crippen LogP contribution in [0.4, 0.5) is 4.79 Å². The Morgan fingerprint density at radius 3 is 2.44 bits per heavy atom. The number of carbonyl (C=O) groups excluding carboxylic acids is 1. The van der Waals surface area contributed by atoms with Crippen molar-refractivity contribution in [2.45, 2.75) is 49.5 Å². The van der Waals surface area contributed by atoms with Gasteiger partial charge in [-0.05, 0) is 12.8 Å². The highest BCUT2D eigenvalue weighted by Gasteiger charge is 2.54. The van der Waals surface area contributed by atoms with E-state index in [1.54, 1.807) is 0 Å². The van der Waals surface area contributed by atoms with Crippen molar-refractivity contribution < 1.29 is 24.5 Å². The number of hydrogen-bond donors (Lipinski definition) is 4. The van der Waals surface area contributed by atoms with Crippen molar-refractivity contribution in [2.75, 3.05) is 7.11 Å². The Hall–Kier alpha value is -1.34. The lowest BCUT2D eigenvalue weighted by molar-refractivity contribution is -0.143. The SMILES string of the molecule is COC1CC(NC(=O)O)(C(O)C(=O)NC2CC2)C1. The summed E-state index contributed by atoms with van der Waals surface area (Å²) in [6.45, 7) is 0. The monoisotopic (exact) mass is 258 g/mol. The highest BCUT2D eigenvalue weighted by atomic mass is 16.5. The molecule has 2 aliphatic carbocycles. The molecule has 2 rings (SSSR count). The number of aliphatic hydroxyl groups is 1. The van der Waals surface area contributed by atoms with Crippen molar-refractivity contribution in [3.05, 3.63) is 0 Å². The summed E-state index contributed by atoms with van der Waals surface area (Å²) in [5.41, 5.74) is -1.12. The molecule has 0 aromatic carbocycles. The van der Waals surface area contributed by atoms with Crippen LogP contribution in [0.3, 0.4) is 0 Å². The number of carboxylic acid groups (broad SMARTS) is 1. The zero-order valence-electron chi connectivity index (χ0n) is 10.2. The van der Waals surface area contributed by atoms with E-state index in [9.17, 15) is 14.7 Å². The van der Waals surface area contributed by atoms with E-state index in [2.05, 4.69) is 10.6 Å². The van der Waals surface area contributed by atoms with Gasteiger partial charge >= 0.3 is 6.09 Å². The Kier molecular flexibility index (Phi) is 3.45. The number of rotatable bonds is 5. The first-order valence-corrected chi connectivity index (χ1v) is 5.99. The molecular weight excluding hydrogens is 240 g/mol. The summed E-state index contributed by atoms with van der Waals surface area (Å²) in [6.07, 6.45) is -0.315. The number of amides is 2. The van der Waals surface area contributed by atoms with Gasteiger partial charge in [-0.1, -0.05) is 0 Å². The van der Waals surface area contributed by atoms with Crippen molar-refractivity contribution in [2.24, 2.45) is 0 Å². The second-order valence-corrected chi connectivity index (χ2v) is 5.04. The molecule has 2 aliphatic rings. The van der Waals surface area contributed by atoms with Crippen molar-refractivity contribution >= 4 is 12.0 Å². The van der Waals surface area contributed by atoms with E-state index in [1.807, 2.05) is 0 Å². The normalized spacial score (nSPS) is 32.2. The third kappa shape index (κ3) is 2.56. The molecule has 0 bridgehead atoms. The molecule has 0 heterocycles. The third-order valence-corrected chi connectivity index (χ3v) is 3.57. The highest BCUT2D eigenvalue weighted by Crippen LogP contribution is 2.37. The van der Waals surface area contributed by atoms with Crippen LogP contribution >= 0.6 is 0 Å². The Morgan fingerprint density at radius 2 is 2.00 bits per heavy atom. The van der Waals surface area contributed by atoms with E-state index in [-0.39, 0.29) is 12.1 Å². The third-order valence-electron chi connectivity index (χ3n) is 3.57. The van der Waals surface area contributed by atoms with Crippen molar-refractivity contribution in [3.63, 3.8) is 0 Å². The van der Waals surface area contributed by atoms with E-state index >= 15 is 0 Å². The molecule has 0 saturated heterocycles. The molecule has 7 nitrogen and oxygen atoms in total. The zero-order valence-corrected chi connectivity index (χ0v) is 10.2. The average Bonchev–Trinajstić information content (AvgIpc) is 3.05. The molecule has 2 saturated carbocycles. The molecule has 4 N–H and O–H groups in total. The van der Waals surface area contributed by atoms with Gasteiger partial charge in [0, 0.05) is 26.0 Å². The molecule has 1 unspecified atom stereocenters. The molecule has 18 heavy (non-hydrogen) atoms. The van der Waals surface area contributed by atoms with E-state index in [1.165, 1.54) is 7.11 Å². The van der Waals surface area contributed by atoms with Crippen LogP contribution in [0.25, 0.3) is 0 Å². The summed E-state index contributed by atoms with van der Waals surface area (Å²) in [7, 11) is 1.52. The maximum absolute atomic E-state index is 11.8. The summed E-state index contributed by atoms with van der Waals surface area (Å²) in [5.74, 6) is -0.513. The molecule has 0 radical (unpaired) electrons. The summed E-state index contributed by atoms with van der Waals surface area (Å²) in [6, 6.07) is 0.132. The predicted molar refractivity (Wildman–Crippen MR) is 61.1 cm³/mol. The molecule has 0 spiro atoms. The Labute approximate surface area is 105 Å². The van der Waals surface area contributed by atoms with Gasteiger partial charge in [0.15, 0.2) is 6.10 Å². The van der Waals surface area contributed by atoms with Gasteiger partial charge in [-0.15, -0.1) is 0 Å². The Balaban J connectivity index is 1.99. The summed E-state index contributed by atoms with van der Waals surface area (Å²) < 4.78 is 5.07. The molecule has 0 aromatic heterocycles. The van der Waals surface area contributed by atoms with Gasteiger partial charge in [0.2, 0.25) is 0 Å². The minimum atomic E-state index is -1.37. The standard InChI is InChI=1S/C11H18N2O5/c1-18-7-4-11(5-7,13-10(16)17)8(14)9(15)12-6-2-3-6/h6-8,13-14H,2-5H2,1H3,(H,12,15)(H,16,17). The number of carbonyl (C=O) groups is 2. The lowest BCUT2D eigenvalue weighted by atomic mass is 9.70. The van der Waals surface area contributed by atoms with Crippen LogP contribution in [0, 0.1) is 0 Å². The van der Waals surface area contributed by atoms with Crippen LogP contribution in [0.5, 0.6) is 0 Å². The number of nitrogens with one attached hydrogen (secondary N) is 2. The molecule has 0 aromatic rings. The van der Waals surface area contributed by atoms with Crippen LogP contribution in [0.1, 0.15) is 25.7 Å². The predicted octanol–water partition coefficient (Wildman–Crippen LogP) is -0.559. The van der Waals surface area contributed by atoms with E-state index in [0.29, 0.717) is 12.8 Å². The first kappa shape index (κ1) is 13.1. The van der Waals surface area contributed by atoms with Gasteiger partial charge in [0.1, 0.15) is 0 Å². The first-order valence-electron chi connectivity index (χ1n) is 5.99. The lowest BCUT2D eigenvalue weighted by Crippen LogP contribution is -2.69. The largest absolute Gasteiger partial charge is 0.465 e. The topological polar surface area (TPSA) is 108 Å². The van der Waals surface area contributed by atoms with Crippen molar-refractivity contribution in [1.29, 1.82) is 0 Å². The second kappa shape index (κ2) is 4.74. The molecule has 2 fully saturated rings. The first-order chi connectivity index (χ1) is 8.47. The molecule has 1 atom stereocenters. The molecular formula is C11H18N2O5. The molecule has 102 valence electrons. The zero-order chi connectivity index (χ0) is 13.3. The molecule has 2 amide bonds. The van der Waals surface area contributed by atoms with Crippen LogP contribution in [-0.2, 0) is 9.53 Å². The van der Waals surface area contributed by atoms with Gasteiger partial charge in [-0.2, -0.15) is 0 Å². The second-order valence-electron chi connectivity index (χ2n) is 5.04. The van der Waals surface area contributed by atoms with Crippen molar-refractivity contribution in [3.8, 4) is 0 Å². The van der Waals surface area contributed by atoms with Crippen LogP contribution in [0.2, 0.25) is 0 Å².